The van der Waals surface area contributed by atoms with Gasteiger partial charge in [-0.1, -0.05) is 42.5 Å². The van der Waals surface area contributed by atoms with Gasteiger partial charge in [-0.05, 0) is 43.5 Å². The van der Waals surface area contributed by atoms with Crippen LogP contribution in [0, 0.1) is 5.82 Å². The second-order valence-corrected chi connectivity index (χ2v) is 6.39. The number of hydrogen-bond acceptors (Lipinski definition) is 2. The SMILES string of the molecule is CN(CC(=O)NCc1ccccc1F)[C@H]1CCCc2ccccc21. The van der Waals surface area contributed by atoms with E-state index < -0.39 is 0 Å². The number of likely N-dealkylation sites (N-methyl/N-ethyl adjacent to an activating group) is 1. The van der Waals surface area contributed by atoms with Gasteiger partial charge in [0.05, 0.1) is 6.54 Å². The molecule has 1 aliphatic carbocycles. The predicted molar refractivity (Wildman–Crippen MR) is 93.0 cm³/mol. The van der Waals surface area contributed by atoms with Gasteiger partial charge in [-0.2, -0.15) is 0 Å². The van der Waals surface area contributed by atoms with E-state index >= 15 is 0 Å². The Morgan fingerprint density at radius 1 is 1.21 bits per heavy atom. The van der Waals surface area contributed by atoms with E-state index in [4.69, 9.17) is 0 Å². The number of amides is 1. The van der Waals surface area contributed by atoms with Crippen LogP contribution in [0.1, 0.15) is 35.6 Å². The van der Waals surface area contributed by atoms with Crippen molar-refractivity contribution in [2.24, 2.45) is 0 Å². The molecule has 0 heterocycles. The number of fused-ring (bicyclic) bond motifs is 1. The van der Waals surface area contributed by atoms with Crippen molar-refractivity contribution < 1.29 is 9.18 Å². The van der Waals surface area contributed by atoms with E-state index in [1.54, 1.807) is 18.2 Å². The summed E-state index contributed by atoms with van der Waals surface area (Å²) < 4.78 is 13.6. The van der Waals surface area contributed by atoms with Crippen LogP contribution in [0.5, 0.6) is 0 Å². The summed E-state index contributed by atoms with van der Waals surface area (Å²) in [6.07, 6.45) is 3.32. The largest absolute Gasteiger partial charge is 0.351 e. The molecule has 3 nitrogen and oxygen atoms in total. The Hall–Kier alpha value is -2.20. The van der Waals surface area contributed by atoms with Crippen LogP contribution in [-0.4, -0.2) is 24.4 Å². The normalized spacial score (nSPS) is 16.7. The van der Waals surface area contributed by atoms with E-state index in [-0.39, 0.29) is 24.3 Å². The number of carbonyl (C=O) groups is 1. The predicted octanol–water partition coefficient (Wildman–Crippen LogP) is 3.45. The molecule has 0 radical (unpaired) electrons. The first-order chi connectivity index (χ1) is 11.6. The summed E-state index contributed by atoms with van der Waals surface area (Å²) in [5.41, 5.74) is 3.22. The fraction of sp³-hybridized carbons (Fsp3) is 0.350. The minimum Gasteiger partial charge on any atom is -0.351 e. The number of nitrogens with zero attached hydrogens (tertiary/aromatic N) is 1. The standard InChI is InChI=1S/C20H23FN2O/c1-23(19-12-6-9-15-7-2-4-10-17(15)19)14-20(24)22-13-16-8-3-5-11-18(16)21/h2-5,7-8,10-11,19H,6,9,12-14H2,1H3,(H,22,24)/t19-/m0/s1. The van der Waals surface area contributed by atoms with Gasteiger partial charge in [-0.25, -0.2) is 4.39 Å². The third-order valence-electron chi connectivity index (χ3n) is 4.70. The maximum absolute atomic E-state index is 13.6. The number of aryl methyl sites for hydroxylation is 1. The molecule has 0 saturated heterocycles. The molecule has 126 valence electrons. The first-order valence-electron chi connectivity index (χ1n) is 8.43. The van der Waals surface area contributed by atoms with Gasteiger partial charge >= 0.3 is 0 Å². The fourth-order valence-corrected chi connectivity index (χ4v) is 3.41. The summed E-state index contributed by atoms with van der Waals surface area (Å²) in [6.45, 7) is 0.536. The average molecular weight is 326 g/mol. The Bertz CT molecular complexity index is 716. The molecule has 1 aliphatic rings. The summed E-state index contributed by atoms with van der Waals surface area (Å²) in [6, 6.07) is 15.3. The number of rotatable bonds is 5. The first-order valence-corrected chi connectivity index (χ1v) is 8.43. The fourth-order valence-electron chi connectivity index (χ4n) is 3.41. The number of hydrogen-bond donors (Lipinski definition) is 1. The molecule has 1 N–H and O–H groups in total. The van der Waals surface area contributed by atoms with Gasteiger partial charge in [0.15, 0.2) is 0 Å². The molecular formula is C20H23FN2O. The highest BCUT2D eigenvalue weighted by Gasteiger charge is 2.24. The lowest BCUT2D eigenvalue weighted by Gasteiger charge is -2.32. The summed E-state index contributed by atoms with van der Waals surface area (Å²) in [5.74, 6) is -0.365. The first kappa shape index (κ1) is 16.7. The number of halogens is 1. The number of benzene rings is 2. The van der Waals surface area contributed by atoms with Crippen molar-refractivity contribution in [1.82, 2.24) is 10.2 Å². The highest BCUT2D eigenvalue weighted by atomic mass is 19.1. The van der Waals surface area contributed by atoms with Gasteiger partial charge in [-0.3, -0.25) is 9.69 Å². The Morgan fingerprint density at radius 3 is 2.79 bits per heavy atom. The molecule has 3 rings (SSSR count). The zero-order valence-electron chi connectivity index (χ0n) is 14.0. The zero-order chi connectivity index (χ0) is 16.9. The van der Waals surface area contributed by atoms with Crippen LogP contribution in [0.15, 0.2) is 48.5 Å². The molecule has 0 bridgehead atoms. The molecule has 1 atom stereocenters. The Morgan fingerprint density at radius 2 is 1.96 bits per heavy atom. The lowest BCUT2D eigenvalue weighted by molar-refractivity contribution is -0.122. The van der Waals surface area contributed by atoms with Crippen molar-refractivity contribution >= 4 is 5.91 Å². The lowest BCUT2D eigenvalue weighted by Crippen LogP contribution is -2.38. The van der Waals surface area contributed by atoms with Crippen LogP contribution in [0.4, 0.5) is 4.39 Å². The van der Waals surface area contributed by atoms with Crippen molar-refractivity contribution in [3.05, 3.63) is 71.0 Å². The Kier molecular flexibility index (Phi) is 5.26. The van der Waals surface area contributed by atoms with Crippen LogP contribution in [0.2, 0.25) is 0 Å². The maximum atomic E-state index is 13.6. The molecule has 0 aromatic heterocycles. The molecule has 2 aromatic carbocycles. The highest BCUT2D eigenvalue weighted by molar-refractivity contribution is 5.78. The summed E-state index contributed by atoms with van der Waals surface area (Å²) >= 11 is 0. The van der Waals surface area contributed by atoms with Crippen LogP contribution in [-0.2, 0) is 17.8 Å². The molecule has 1 amide bonds. The number of nitrogens with one attached hydrogen (secondary N) is 1. The van der Waals surface area contributed by atoms with Crippen LogP contribution >= 0.6 is 0 Å². The summed E-state index contributed by atoms with van der Waals surface area (Å²) in [4.78, 5) is 14.3. The van der Waals surface area contributed by atoms with E-state index in [9.17, 15) is 9.18 Å². The topological polar surface area (TPSA) is 32.3 Å². The summed E-state index contributed by atoms with van der Waals surface area (Å²) in [7, 11) is 1.98. The van der Waals surface area contributed by atoms with E-state index in [1.165, 1.54) is 17.2 Å². The van der Waals surface area contributed by atoms with E-state index in [0.29, 0.717) is 12.1 Å². The van der Waals surface area contributed by atoms with Crippen molar-refractivity contribution in [2.75, 3.05) is 13.6 Å². The zero-order valence-corrected chi connectivity index (χ0v) is 14.0. The number of carbonyl (C=O) groups excluding carboxylic acids is 1. The van der Waals surface area contributed by atoms with Crippen molar-refractivity contribution in [3.63, 3.8) is 0 Å². The second-order valence-electron chi connectivity index (χ2n) is 6.39. The van der Waals surface area contributed by atoms with Gasteiger partial charge < -0.3 is 5.32 Å². The van der Waals surface area contributed by atoms with Gasteiger partial charge in [0.1, 0.15) is 5.82 Å². The lowest BCUT2D eigenvalue weighted by atomic mass is 9.87. The van der Waals surface area contributed by atoms with Crippen LogP contribution < -0.4 is 5.32 Å². The molecule has 0 unspecified atom stereocenters. The third-order valence-corrected chi connectivity index (χ3v) is 4.70. The molecule has 0 spiro atoms. The monoisotopic (exact) mass is 326 g/mol. The summed E-state index contributed by atoms with van der Waals surface area (Å²) in [5, 5.41) is 2.81. The molecule has 0 aliphatic heterocycles. The van der Waals surface area contributed by atoms with Gasteiger partial charge in [0.25, 0.3) is 0 Å². The molecule has 4 heteroatoms. The van der Waals surface area contributed by atoms with Gasteiger partial charge in [-0.15, -0.1) is 0 Å². The Balaban J connectivity index is 1.58. The average Bonchev–Trinajstić information content (AvgIpc) is 2.60. The minimum atomic E-state index is -0.285. The smallest absolute Gasteiger partial charge is 0.234 e. The minimum absolute atomic E-state index is 0.0798. The van der Waals surface area contributed by atoms with Crippen molar-refractivity contribution in [1.29, 1.82) is 0 Å². The quantitative estimate of drug-likeness (QED) is 0.913. The van der Waals surface area contributed by atoms with E-state index in [2.05, 4.69) is 34.5 Å². The molecule has 0 fully saturated rings. The molecular weight excluding hydrogens is 303 g/mol. The molecule has 2 aromatic rings. The maximum Gasteiger partial charge on any atom is 0.234 e. The third kappa shape index (κ3) is 3.82. The van der Waals surface area contributed by atoms with Crippen molar-refractivity contribution in [3.8, 4) is 0 Å². The van der Waals surface area contributed by atoms with Crippen LogP contribution in [0.25, 0.3) is 0 Å². The second kappa shape index (κ2) is 7.58. The van der Waals surface area contributed by atoms with E-state index in [1.807, 2.05) is 7.05 Å². The van der Waals surface area contributed by atoms with Gasteiger partial charge in [0.2, 0.25) is 5.91 Å². The highest BCUT2D eigenvalue weighted by Crippen LogP contribution is 2.33. The molecule has 24 heavy (non-hydrogen) atoms. The van der Waals surface area contributed by atoms with Gasteiger partial charge in [0, 0.05) is 18.2 Å². The van der Waals surface area contributed by atoms with Crippen LogP contribution in [0.3, 0.4) is 0 Å². The Labute approximate surface area is 142 Å². The van der Waals surface area contributed by atoms with E-state index in [0.717, 1.165) is 19.3 Å². The molecule has 0 saturated carbocycles. The van der Waals surface area contributed by atoms with Crippen molar-refractivity contribution in [2.45, 2.75) is 31.8 Å².